The molecule has 1 heterocycles. The van der Waals surface area contributed by atoms with Gasteiger partial charge >= 0.3 is 6.03 Å². The predicted molar refractivity (Wildman–Crippen MR) is 84.5 cm³/mol. The lowest BCUT2D eigenvalue weighted by atomic mass is 10.2. The van der Waals surface area contributed by atoms with E-state index >= 15 is 0 Å². The molecule has 5 nitrogen and oxygen atoms in total. The Hall–Kier alpha value is -1.92. The van der Waals surface area contributed by atoms with Gasteiger partial charge < -0.3 is 15.0 Å². The molecule has 2 aromatic rings. The number of urea groups is 1. The van der Waals surface area contributed by atoms with Gasteiger partial charge in [0.15, 0.2) is 0 Å². The Kier molecular flexibility index (Phi) is 5.30. The molecule has 0 radical (unpaired) electrons. The quantitative estimate of drug-likeness (QED) is 0.922. The summed E-state index contributed by atoms with van der Waals surface area (Å²) in [5.74, 6) is 0. The Morgan fingerprint density at radius 1 is 1.43 bits per heavy atom. The normalized spacial score (nSPS) is 10.4. The molecule has 1 aromatic carbocycles. The van der Waals surface area contributed by atoms with Crippen molar-refractivity contribution >= 4 is 23.1 Å². The van der Waals surface area contributed by atoms with E-state index in [-0.39, 0.29) is 6.03 Å². The van der Waals surface area contributed by atoms with E-state index in [2.05, 4.69) is 10.3 Å². The van der Waals surface area contributed by atoms with Gasteiger partial charge in [-0.1, -0.05) is 18.2 Å². The van der Waals surface area contributed by atoms with Crippen LogP contribution in [0, 0.1) is 6.92 Å². The van der Waals surface area contributed by atoms with Crippen molar-refractivity contribution in [3.63, 3.8) is 0 Å². The zero-order valence-corrected chi connectivity index (χ0v) is 13.2. The summed E-state index contributed by atoms with van der Waals surface area (Å²) in [6.45, 7) is 2.97. The van der Waals surface area contributed by atoms with E-state index in [4.69, 9.17) is 4.74 Å². The van der Waals surface area contributed by atoms with Crippen molar-refractivity contribution in [2.24, 2.45) is 0 Å². The summed E-state index contributed by atoms with van der Waals surface area (Å²) in [7, 11) is 3.40. The maximum Gasteiger partial charge on any atom is 0.321 e. The minimum Gasteiger partial charge on any atom is -0.380 e. The number of ether oxygens (including phenoxy) is 1. The highest BCUT2D eigenvalue weighted by molar-refractivity contribution is 7.11. The lowest BCUT2D eigenvalue weighted by Crippen LogP contribution is -2.30. The minimum absolute atomic E-state index is 0.149. The van der Waals surface area contributed by atoms with Crippen LogP contribution in [-0.2, 0) is 17.9 Å². The van der Waals surface area contributed by atoms with Crippen molar-refractivity contribution in [2.45, 2.75) is 20.1 Å². The van der Waals surface area contributed by atoms with Crippen molar-refractivity contribution in [1.29, 1.82) is 0 Å². The average molecular weight is 305 g/mol. The molecule has 0 saturated carbocycles. The smallest absolute Gasteiger partial charge is 0.321 e. The van der Waals surface area contributed by atoms with E-state index in [0.717, 1.165) is 21.1 Å². The summed E-state index contributed by atoms with van der Waals surface area (Å²) < 4.78 is 5.14. The molecule has 6 heteroatoms. The number of thiazole rings is 1. The third kappa shape index (κ3) is 4.27. The van der Waals surface area contributed by atoms with Gasteiger partial charge in [-0.15, -0.1) is 11.3 Å². The second-order valence-electron chi connectivity index (χ2n) is 4.72. The molecule has 0 aliphatic rings. The highest BCUT2D eigenvalue weighted by Crippen LogP contribution is 2.18. The molecule has 0 saturated heterocycles. The molecule has 0 aliphatic carbocycles. The maximum absolute atomic E-state index is 12.2. The summed E-state index contributed by atoms with van der Waals surface area (Å²) in [4.78, 5) is 19.1. The largest absolute Gasteiger partial charge is 0.380 e. The molecule has 2 rings (SSSR count). The third-order valence-electron chi connectivity index (χ3n) is 2.97. The Bertz CT molecular complexity index is 612. The first-order chi connectivity index (χ1) is 10.1. The fourth-order valence-electron chi connectivity index (χ4n) is 1.92. The number of carbonyl (C=O) groups is 1. The number of aromatic nitrogens is 1. The predicted octanol–water partition coefficient (Wildman–Crippen LogP) is 3.26. The average Bonchev–Trinajstić information content (AvgIpc) is 2.86. The number of nitrogens with zero attached hydrogens (tertiary/aromatic N) is 2. The Balaban J connectivity index is 2.00. The van der Waals surface area contributed by atoms with Gasteiger partial charge in [-0.25, -0.2) is 9.78 Å². The summed E-state index contributed by atoms with van der Waals surface area (Å²) in [6.07, 6.45) is 1.81. The van der Waals surface area contributed by atoms with Crippen LogP contribution in [0.5, 0.6) is 0 Å². The van der Waals surface area contributed by atoms with E-state index < -0.39 is 0 Å². The van der Waals surface area contributed by atoms with Crippen molar-refractivity contribution in [3.05, 3.63) is 45.9 Å². The van der Waals surface area contributed by atoms with Gasteiger partial charge in [-0.05, 0) is 13.0 Å². The number of anilines is 1. The molecular weight excluding hydrogens is 286 g/mol. The van der Waals surface area contributed by atoms with E-state index in [9.17, 15) is 4.79 Å². The van der Waals surface area contributed by atoms with Crippen LogP contribution in [0.2, 0.25) is 0 Å². The number of rotatable bonds is 5. The van der Waals surface area contributed by atoms with Crippen LogP contribution < -0.4 is 5.32 Å². The highest BCUT2D eigenvalue weighted by atomic mass is 32.1. The third-order valence-corrected chi connectivity index (χ3v) is 3.87. The molecule has 2 amide bonds. The highest BCUT2D eigenvalue weighted by Gasteiger charge is 2.12. The Labute approximate surface area is 128 Å². The van der Waals surface area contributed by atoms with Crippen LogP contribution in [0.1, 0.15) is 15.4 Å². The first kappa shape index (κ1) is 15.5. The molecule has 1 N–H and O–H groups in total. The van der Waals surface area contributed by atoms with Gasteiger partial charge in [0.2, 0.25) is 0 Å². The molecule has 21 heavy (non-hydrogen) atoms. The van der Waals surface area contributed by atoms with Crippen molar-refractivity contribution in [1.82, 2.24) is 9.88 Å². The molecular formula is C15H19N3O2S. The van der Waals surface area contributed by atoms with Gasteiger partial charge in [0.05, 0.1) is 18.2 Å². The molecule has 0 atom stereocenters. The monoisotopic (exact) mass is 305 g/mol. The fourth-order valence-corrected chi connectivity index (χ4v) is 2.77. The molecule has 0 unspecified atom stereocenters. The number of aryl methyl sites for hydroxylation is 1. The van der Waals surface area contributed by atoms with Crippen LogP contribution in [0.4, 0.5) is 10.5 Å². The Morgan fingerprint density at radius 3 is 2.86 bits per heavy atom. The first-order valence-corrected chi connectivity index (χ1v) is 7.42. The second kappa shape index (κ2) is 7.19. The number of hydrogen-bond donors (Lipinski definition) is 1. The number of methoxy groups -OCH3 is 1. The van der Waals surface area contributed by atoms with Gasteiger partial charge in [0.1, 0.15) is 0 Å². The van der Waals surface area contributed by atoms with Crippen LogP contribution in [0.25, 0.3) is 0 Å². The molecule has 0 fully saturated rings. The molecule has 0 spiro atoms. The number of para-hydroxylation sites is 1. The molecule has 1 aromatic heterocycles. The first-order valence-electron chi connectivity index (χ1n) is 6.60. The summed E-state index contributed by atoms with van der Waals surface area (Å²) in [5.41, 5.74) is 1.73. The summed E-state index contributed by atoms with van der Waals surface area (Å²) in [6, 6.07) is 7.47. The van der Waals surface area contributed by atoms with Gasteiger partial charge in [-0.2, -0.15) is 0 Å². The lowest BCUT2D eigenvalue weighted by Gasteiger charge is -2.18. The number of nitrogens with one attached hydrogen (secondary N) is 1. The summed E-state index contributed by atoms with van der Waals surface area (Å²) in [5, 5.41) is 3.92. The molecule has 112 valence electrons. The zero-order chi connectivity index (χ0) is 15.2. The topological polar surface area (TPSA) is 54.5 Å². The van der Waals surface area contributed by atoms with E-state index in [0.29, 0.717) is 13.2 Å². The SMILES string of the molecule is COCc1ccccc1NC(=O)N(C)Cc1cnc(C)s1. The van der Waals surface area contributed by atoms with Gasteiger partial charge in [0, 0.05) is 36.5 Å². The zero-order valence-electron chi connectivity index (χ0n) is 12.4. The fraction of sp³-hybridized carbons (Fsp3) is 0.333. The lowest BCUT2D eigenvalue weighted by molar-refractivity contribution is 0.185. The Morgan fingerprint density at radius 2 is 2.19 bits per heavy atom. The van der Waals surface area contributed by atoms with Crippen LogP contribution in [0.15, 0.2) is 30.5 Å². The maximum atomic E-state index is 12.2. The number of benzene rings is 1. The molecule has 0 aliphatic heterocycles. The van der Waals surface area contributed by atoms with Crippen LogP contribution >= 0.6 is 11.3 Å². The second-order valence-corrected chi connectivity index (χ2v) is 6.04. The number of carbonyl (C=O) groups excluding carboxylic acids is 1. The van der Waals surface area contributed by atoms with Gasteiger partial charge in [0.25, 0.3) is 0 Å². The van der Waals surface area contributed by atoms with Crippen LogP contribution in [0.3, 0.4) is 0 Å². The van der Waals surface area contributed by atoms with E-state index in [1.54, 1.807) is 30.4 Å². The standard InChI is InChI=1S/C15H19N3O2S/c1-11-16-8-13(21-11)9-18(2)15(19)17-14-7-5-4-6-12(14)10-20-3/h4-8H,9-10H2,1-3H3,(H,17,19). The van der Waals surface area contributed by atoms with Crippen LogP contribution in [-0.4, -0.2) is 30.1 Å². The minimum atomic E-state index is -0.149. The van der Waals surface area contributed by atoms with Crippen molar-refractivity contribution in [2.75, 3.05) is 19.5 Å². The van der Waals surface area contributed by atoms with Crippen molar-refractivity contribution in [3.8, 4) is 0 Å². The number of hydrogen-bond acceptors (Lipinski definition) is 4. The summed E-state index contributed by atoms with van der Waals surface area (Å²) >= 11 is 1.60. The van der Waals surface area contributed by atoms with E-state index in [1.165, 1.54) is 0 Å². The number of amides is 2. The van der Waals surface area contributed by atoms with Crippen molar-refractivity contribution < 1.29 is 9.53 Å². The van der Waals surface area contributed by atoms with E-state index in [1.807, 2.05) is 37.4 Å². The van der Waals surface area contributed by atoms with Gasteiger partial charge in [-0.3, -0.25) is 0 Å². The molecule has 0 bridgehead atoms.